The van der Waals surface area contributed by atoms with Crippen LogP contribution in [0.3, 0.4) is 0 Å². The Balaban J connectivity index is 1.69. The smallest absolute Gasteiger partial charge is 0.163 e. The first-order valence-electron chi connectivity index (χ1n) is 7.84. The van der Waals surface area contributed by atoms with E-state index in [0.717, 1.165) is 36.4 Å². The molecule has 0 bridgehead atoms. The van der Waals surface area contributed by atoms with Crippen molar-refractivity contribution in [3.8, 4) is 0 Å². The van der Waals surface area contributed by atoms with Crippen LogP contribution in [-0.4, -0.2) is 45.5 Å². The number of ether oxygens (including phenoxy) is 1. The number of anilines is 1. The van der Waals surface area contributed by atoms with E-state index in [1.807, 2.05) is 19.3 Å². The van der Waals surface area contributed by atoms with E-state index < -0.39 is 0 Å². The van der Waals surface area contributed by atoms with Crippen molar-refractivity contribution in [3.05, 3.63) is 48.4 Å². The Morgan fingerprint density at radius 2 is 2.09 bits per heavy atom. The van der Waals surface area contributed by atoms with Crippen LogP contribution in [0.2, 0.25) is 0 Å². The maximum absolute atomic E-state index is 5.72. The van der Waals surface area contributed by atoms with Crippen molar-refractivity contribution in [1.82, 2.24) is 19.7 Å². The quantitative estimate of drug-likeness (QED) is 0.738. The summed E-state index contributed by atoms with van der Waals surface area (Å²) in [5, 5.41) is 5.31. The Morgan fingerprint density at radius 3 is 2.96 bits per heavy atom. The maximum atomic E-state index is 5.72. The first-order chi connectivity index (χ1) is 11.3. The number of morpholine rings is 1. The molecule has 4 rings (SSSR count). The number of fused-ring (bicyclic) bond motifs is 1. The second-order valence-electron chi connectivity index (χ2n) is 5.81. The lowest BCUT2D eigenvalue weighted by molar-refractivity contribution is 0.0938. The zero-order valence-corrected chi connectivity index (χ0v) is 13.1. The summed E-state index contributed by atoms with van der Waals surface area (Å²) < 4.78 is 7.50. The van der Waals surface area contributed by atoms with Gasteiger partial charge in [0, 0.05) is 13.6 Å². The molecule has 0 amide bonds. The van der Waals surface area contributed by atoms with E-state index in [9.17, 15) is 0 Å². The lowest BCUT2D eigenvalue weighted by atomic mass is 10.0. The van der Waals surface area contributed by atoms with Crippen LogP contribution in [0.4, 0.5) is 5.82 Å². The van der Waals surface area contributed by atoms with Gasteiger partial charge in [-0.3, -0.25) is 4.68 Å². The average molecular weight is 309 g/mol. The highest BCUT2D eigenvalue weighted by Crippen LogP contribution is 2.26. The Labute approximate surface area is 134 Å². The number of hydrogen-bond acceptors (Lipinski definition) is 5. The van der Waals surface area contributed by atoms with Gasteiger partial charge in [-0.15, -0.1) is 0 Å². The molecule has 1 fully saturated rings. The lowest BCUT2D eigenvalue weighted by Gasteiger charge is -2.36. The predicted molar refractivity (Wildman–Crippen MR) is 88.4 cm³/mol. The average Bonchev–Trinajstić information content (AvgIpc) is 2.98. The van der Waals surface area contributed by atoms with Crippen molar-refractivity contribution in [2.45, 2.75) is 12.5 Å². The molecule has 6 nitrogen and oxygen atoms in total. The topological polar surface area (TPSA) is 56.1 Å². The predicted octanol–water partition coefficient (Wildman–Crippen LogP) is 1.81. The van der Waals surface area contributed by atoms with Crippen LogP contribution >= 0.6 is 0 Å². The van der Waals surface area contributed by atoms with Gasteiger partial charge in [0.15, 0.2) is 5.65 Å². The molecule has 0 saturated carbocycles. The van der Waals surface area contributed by atoms with E-state index in [-0.39, 0.29) is 6.04 Å². The molecule has 1 saturated heterocycles. The van der Waals surface area contributed by atoms with Crippen LogP contribution in [0.1, 0.15) is 5.56 Å². The first-order valence-corrected chi connectivity index (χ1v) is 7.84. The number of aromatic nitrogens is 4. The van der Waals surface area contributed by atoms with Crippen molar-refractivity contribution in [1.29, 1.82) is 0 Å². The standard InChI is InChI=1S/C17H19N5O/c1-21-16-15(10-20-21)17(19-12-18-16)22-7-8-23-11-14(22)9-13-5-3-2-4-6-13/h2-6,10,12,14H,7-9,11H2,1H3/t14-/m0/s1. The molecule has 0 N–H and O–H groups in total. The Bertz CT molecular complexity index is 801. The Kier molecular flexibility index (Phi) is 3.67. The Hall–Kier alpha value is -2.47. The van der Waals surface area contributed by atoms with Crippen LogP contribution in [0.25, 0.3) is 11.0 Å². The second kappa shape index (κ2) is 5.96. The molecule has 0 radical (unpaired) electrons. The van der Waals surface area contributed by atoms with Crippen LogP contribution in [0, 0.1) is 0 Å². The molecular weight excluding hydrogens is 290 g/mol. The molecule has 0 spiro atoms. The molecule has 1 aromatic carbocycles. The number of rotatable bonds is 3. The van der Waals surface area contributed by atoms with E-state index in [1.54, 1.807) is 11.0 Å². The highest BCUT2D eigenvalue weighted by Gasteiger charge is 2.26. The van der Waals surface area contributed by atoms with Gasteiger partial charge in [0.2, 0.25) is 0 Å². The molecule has 118 valence electrons. The van der Waals surface area contributed by atoms with Gasteiger partial charge in [-0.05, 0) is 12.0 Å². The van der Waals surface area contributed by atoms with Crippen molar-refractivity contribution >= 4 is 16.9 Å². The van der Waals surface area contributed by atoms with Crippen LogP contribution in [0.5, 0.6) is 0 Å². The third-order valence-corrected chi connectivity index (χ3v) is 4.32. The van der Waals surface area contributed by atoms with E-state index >= 15 is 0 Å². The van der Waals surface area contributed by atoms with E-state index in [1.165, 1.54) is 5.56 Å². The molecule has 1 aliphatic heterocycles. The number of hydrogen-bond donors (Lipinski definition) is 0. The highest BCUT2D eigenvalue weighted by atomic mass is 16.5. The van der Waals surface area contributed by atoms with Gasteiger partial charge < -0.3 is 9.64 Å². The normalized spacial score (nSPS) is 18.5. The third-order valence-electron chi connectivity index (χ3n) is 4.32. The van der Waals surface area contributed by atoms with Crippen LogP contribution in [-0.2, 0) is 18.2 Å². The molecule has 23 heavy (non-hydrogen) atoms. The minimum Gasteiger partial charge on any atom is -0.377 e. The monoisotopic (exact) mass is 309 g/mol. The zero-order valence-electron chi connectivity index (χ0n) is 13.1. The molecule has 1 aliphatic rings. The fourth-order valence-corrected chi connectivity index (χ4v) is 3.17. The number of benzene rings is 1. The van der Waals surface area contributed by atoms with Gasteiger partial charge in [0.1, 0.15) is 12.1 Å². The number of nitrogens with zero attached hydrogens (tertiary/aromatic N) is 5. The minimum absolute atomic E-state index is 0.268. The fraction of sp³-hybridized carbons (Fsp3) is 0.353. The van der Waals surface area contributed by atoms with Crippen molar-refractivity contribution in [3.63, 3.8) is 0 Å². The molecule has 3 aromatic rings. The molecule has 3 heterocycles. The van der Waals surface area contributed by atoms with Crippen LogP contribution < -0.4 is 4.90 Å². The van der Waals surface area contributed by atoms with Gasteiger partial charge in [0.25, 0.3) is 0 Å². The summed E-state index contributed by atoms with van der Waals surface area (Å²) in [6.45, 7) is 2.26. The van der Waals surface area contributed by atoms with Gasteiger partial charge >= 0.3 is 0 Å². The summed E-state index contributed by atoms with van der Waals surface area (Å²) in [5.41, 5.74) is 2.17. The van der Waals surface area contributed by atoms with Crippen molar-refractivity contribution in [2.75, 3.05) is 24.7 Å². The largest absolute Gasteiger partial charge is 0.377 e. The lowest BCUT2D eigenvalue weighted by Crippen LogP contribution is -2.47. The highest BCUT2D eigenvalue weighted by molar-refractivity contribution is 5.86. The van der Waals surface area contributed by atoms with E-state index in [4.69, 9.17) is 4.74 Å². The third kappa shape index (κ3) is 2.66. The summed E-state index contributed by atoms with van der Waals surface area (Å²) in [6, 6.07) is 10.8. The summed E-state index contributed by atoms with van der Waals surface area (Å²) in [7, 11) is 1.90. The molecule has 0 aliphatic carbocycles. The molecular formula is C17H19N5O. The summed E-state index contributed by atoms with van der Waals surface area (Å²) in [5.74, 6) is 0.951. The van der Waals surface area contributed by atoms with Gasteiger partial charge in [-0.2, -0.15) is 5.10 Å². The zero-order chi connectivity index (χ0) is 15.6. The van der Waals surface area contributed by atoms with Crippen molar-refractivity contribution in [2.24, 2.45) is 7.05 Å². The van der Waals surface area contributed by atoms with Gasteiger partial charge in [0.05, 0.1) is 30.8 Å². The van der Waals surface area contributed by atoms with E-state index in [2.05, 4.69) is 44.2 Å². The molecule has 6 heteroatoms. The minimum atomic E-state index is 0.268. The molecule has 0 unspecified atom stereocenters. The van der Waals surface area contributed by atoms with Gasteiger partial charge in [-0.25, -0.2) is 9.97 Å². The molecule has 1 atom stereocenters. The van der Waals surface area contributed by atoms with Crippen molar-refractivity contribution < 1.29 is 4.74 Å². The molecule has 2 aromatic heterocycles. The Morgan fingerprint density at radius 1 is 1.22 bits per heavy atom. The number of aryl methyl sites for hydroxylation is 1. The summed E-state index contributed by atoms with van der Waals surface area (Å²) in [6.07, 6.45) is 4.40. The van der Waals surface area contributed by atoms with Crippen LogP contribution in [0.15, 0.2) is 42.9 Å². The SMILES string of the molecule is Cn1ncc2c(N3CCOC[C@@H]3Cc3ccccc3)ncnc21. The summed E-state index contributed by atoms with van der Waals surface area (Å²) >= 11 is 0. The summed E-state index contributed by atoms with van der Waals surface area (Å²) in [4.78, 5) is 11.2. The maximum Gasteiger partial charge on any atom is 0.163 e. The fourth-order valence-electron chi connectivity index (χ4n) is 3.17. The van der Waals surface area contributed by atoms with Gasteiger partial charge in [-0.1, -0.05) is 30.3 Å². The second-order valence-corrected chi connectivity index (χ2v) is 5.81. The first kappa shape index (κ1) is 14.1. The van der Waals surface area contributed by atoms with E-state index in [0.29, 0.717) is 6.61 Å².